The molecule has 19 heavy (non-hydrogen) atoms. The Bertz CT molecular complexity index is 364. The molecule has 0 aromatic heterocycles. The van der Waals surface area contributed by atoms with Crippen molar-refractivity contribution in [3.63, 3.8) is 0 Å². The monoisotopic (exact) mass is 263 g/mol. The van der Waals surface area contributed by atoms with Gasteiger partial charge in [-0.05, 0) is 81.3 Å². The van der Waals surface area contributed by atoms with Gasteiger partial charge in [-0.2, -0.15) is 0 Å². The van der Waals surface area contributed by atoms with Crippen molar-refractivity contribution in [1.82, 2.24) is 0 Å². The van der Waals surface area contributed by atoms with Gasteiger partial charge >= 0.3 is 0 Å². The minimum Gasteiger partial charge on any atom is -0.494 e. The highest BCUT2D eigenvalue weighted by molar-refractivity contribution is 5.43. The summed E-state index contributed by atoms with van der Waals surface area (Å²) in [5, 5.41) is 0. The van der Waals surface area contributed by atoms with Crippen LogP contribution in [0.5, 0.6) is 5.75 Å². The van der Waals surface area contributed by atoms with Gasteiger partial charge in [-0.1, -0.05) is 13.3 Å². The van der Waals surface area contributed by atoms with Gasteiger partial charge in [0.1, 0.15) is 5.75 Å². The van der Waals surface area contributed by atoms with Crippen LogP contribution in [0.4, 0.5) is 0 Å². The maximum atomic E-state index is 5.67. The Morgan fingerprint density at radius 3 is 2.21 bits per heavy atom. The Morgan fingerprint density at radius 1 is 1.11 bits per heavy atom. The number of benzene rings is 1. The highest BCUT2D eigenvalue weighted by Gasteiger charge is 2.16. The molecule has 0 aliphatic heterocycles. The topological polar surface area (TPSA) is 35.2 Å². The van der Waals surface area contributed by atoms with Crippen molar-refractivity contribution >= 4 is 0 Å². The first-order valence-electron chi connectivity index (χ1n) is 7.58. The number of rotatable bonds is 8. The Balaban J connectivity index is 3.01. The van der Waals surface area contributed by atoms with Crippen LogP contribution in [0.1, 0.15) is 62.1 Å². The summed E-state index contributed by atoms with van der Waals surface area (Å²) in [6, 6.07) is 4.36. The molecule has 0 aliphatic carbocycles. The van der Waals surface area contributed by atoms with Crippen LogP contribution in [-0.2, 0) is 0 Å². The average molecular weight is 263 g/mol. The summed E-state index contributed by atoms with van der Waals surface area (Å²) in [5.74, 6) is 1.64. The number of aryl methyl sites for hydroxylation is 2. The predicted octanol–water partition coefficient (Wildman–Crippen LogP) is 4.32. The van der Waals surface area contributed by atoms with Crippen LogP contribution in [0, 0.1) is 13.8 Å². The molecular weight excluding hydrogens is 234 g/mol. The van der Waals surface area contributed by atoms with Crippen molar-refractivity contribution in [2.75, 3.05) is 13.2 Å². The van der Waals surface area contributed by atoms with E-state index in [1.165, 1.54) is 36.0 Å². The van der Waals surface area contributed by atoms with E-state index >= 15 is 0 Å². The Morgan fingerprint density at radius 2 is 1.74 bits per heavy atom. The molecule has 2 nitrogen and oxygen atoms in total. The summed E-state index contributed by atoms with van der Waals surface area (Å²) >= 11 is 0. The number of hydrogen-bond donors (Lipinski definition) is 1. The fourth-order valence-electron chi connectivity index (χ4n) is 2.97. The molecule has 0 amide bonds. The van der Waals surface area contributed by atoms with E-state index in [0.717, 1.165) is 25.3 Å². The van der Waals surface area contributed by atoms with Gasteiger partial charge < -0.3 is 10.5 Å². The van der Waals surface area contributed by atoms with Crippen molar-refractivity contribution in [1.29, 1.82) is 0 Å². The number of hydrogen-bond acceptors (Lipinski definition) is 2. The predicted molar refractivity (Wildman–Crippen MR) is 83.0 cm³/mol. The van der Waals surface area contributed by atoms with Gasteiger partial charge in [-0.25, -0.2) is 0 Å². The molecule has 0 saturated heterocycles. The second-order valence-corrected chi connectivity index (χ2v) is 5.32. The third kappa shape index (κ3) is 4.54. The first kappa shape index (κ1) is 16.0. The molecule has 0 bridgehead atoms. The Hall–Kier alpha value is -1.02. The number of nitrogens with two attached hydrogens (primary N) is 1. The SMILES string of the molecule is CCCC(CCCN)c1c(C)cc(OCC)cc1C. The molecular formula is C17H29NO. The minimum atomic E-state index is 0.643. The average Bonchev–Trinajstić information content (AvgIpc) is 2.35. The van der Waals surface area contributed by atoms with Crippen molar-refractivity contribution in [3.8, 4) is 5.75 Å². The summed E-state index contributed by atoms with van der Waals surface area (Å²) in [7, 11) is 0. The van der Waals surface area contributed by atoms with Crippen molar-refractivity contribution in [2.24, 2.45) is 5.73 Å². The van der Waals surface area contributed by atoms with Crippen LogP contribution < -0.4 is 10.5 Å². The standard InChI is InChI=1S/C17H29NO/c1-5-8-15(9-7-10-18)17-13(3)11-16(19-6-2)12-14(17)4/h11-12,15H,5-10,18H2,1-4H3. The first-order valence-corrected chi connectivity index (χ1v) is 7.58. The van der Waals surface area contributed by atoms with E-state index < -0.39 is 0 Å². The van der Waals surface area contributed by atoms with Crippen molar-refractivity contribution < 1.29 is 4.74 Å². The fourth-order valence-corrected chi connectivity index (χ4v) is 2.97. The molecule has 1 aromatic rings. The molecule has 2 heteroatoms. The maximum Gasteiger partial charge on any atom is 0.119 e. The van der Waals surface area contributed by atoms with E-state index in [0.29, 0.717) is 5.92 Å². The van der Waals surface area contributed by atoms with E-state index in [4.69, 9.17) is 10.5 Å². The highest BCUT2D eigenvalue weighted by Crippen LogP contribution is 2.33. The third-order valence-corrected chi connectivity index (χ3v) is 3.68. The van der Waals surface area contributed by atoms with Gasteiger partial charge in [0.25, 0.3) is 0 Å². The molecule has 1 unspecified atom stereocenters. The molecule has 1 aromatic carbocycles. The molecule has 2 N–H and O–H groups in total. The maximum absolute atomic E-state index is 5.67. The van der Waals surface area contributed by atoms with Gasteiger partial charge in [0.05, 0.1) is 6.61 Å². The van der Waals surface area contributed by atoms with Crippen molar-refractivity contribution in [3.05, 3.63) is 28.8 Å². The van der Waals surface area contributed by atoms with Crippen LogP contribution in [-0.4, -0.2) is 13.2 Å². The van der Waals surface area contributed by atoms with E-state index in [1.807, 2.05) is 6.92 Å². The lowest BCUT2D eigenvalue weighted by atomic mass is 9.84. The summed E-state index contributed by atoms with van der Waals surface area (Å²) in [4.78, 5) is 0. The summed E-state index contributed by atoms with van der Waals surface area (Å²) in [5.41, 5.74) is 9.90. The molecule has 0 spiro atoms. The summed E-state index contributed by atoms with van der Waals surface area (Å²) in [6.07, 6.45) is 4.77. The van der Waals surface area contributed by atoms with Gasteiger partial charge in [0.2, 0.25) is 0 Å². The van der Waals surface area contributed by atoms with Crippen LogP contribution in [0.15, 0.2) is 12.1 Å². The molecule has 1 rings (SSSR count). The van der Waals surface area contributed by atoms with Crippen LogP contribution >= 0.6 is 0 Å². The van der Waals surface area contributed by atoms with Crippen LogP contribution in [0.3, 0.4) is 0 Å². The zero-order chi connectivity index (χ0) is 14.3. The number of ether oxygens (including phenoxy) is 1. The van der Waals surface area contributed by atoms with Gasteiger partial charge in [0.15, 0.2) is 0 Å². The normalized spacial score (nSPS) is 12.5. The molecule has 0 heterocycles. The van der Waals surface area contributed by atoms with Gasteiger partial charge in [0, 0.05) is 0 Å². The lowest BCUT2D eigenvalue weighted by molar-refractivity contribution is 0.339. The molecule has 108 valence electrons. The first-order chi connectivity index (χ1) is 9.13. The van der Waals surface area contributed by atoms with E-state index in [2.05, 4.69) is 32.9 Å². The van der Waals surface area contributed by atoms with Crippen LogP contribution in [0.2, 0.25) is 0 Å². The molecule has 0 radical (unpaired) electrons. The van der Waals surface area contributed by atoms with E-state index in [9.17, 15) is 0 Å². The largest absolute Gasteiger partial charge is 0.494 e. The van der Waals surface area contributed by atoms with Gasteiger partial charge in [-0.15, -0.1) is 0 Å². The molecule has 0 saturated carbocycles. The zero-order valence-electron chi connectivity index (χ0n) is 13.0. The van der Waals surface area contributed by atoms with Crippen molar-refractivity contribution in [2.45, 2.75) is 59.3 Å². The molecule has 0 aliphatic rings. The lowest BCUT2D eigenvalue weighted by Gasteiger charge is -2.22. The highest BCUT2D eigenvalue weighted by atomic mass is 16.5. The van der Waals surface area contributed by atoms with Gasteiger partial charge in [-0.3, -0.25) is 0 Å². The fraction of sp³-hybridized carbons (Fsp3) is 0.647. The van der Waals surface area contributed by atoms with E-state index in [1.54, 1.807) is 0 Å². The second kappa shape index (κ2) is 8.21. The Labute approximate surface area is 118 Å². The smallest absolute Gasteiger partial charge is 0.119 e. The molecule has 0 fully saturated rings. The molecule has 1 atom stereocenters. The second-order valence-electron chi connectivity index (χ2n) is 5.32. The summed E-state index contributed by atoms with van der Waals surface area (Å²) in [6.45, 7) is 10.2. The quantitative estimate of drug-likeness (QED) is 0.758. The Kier molecular flexibility index (Phi) is 6.93. The zero-order valence-corrected chi connectivity index (χ0v) is 13.0. The third-order valence-electron chi connectivity index (χ3n) is 3.68. The minimum absolute atomic E-state index is 0.643. The lowest BCUT2D eigenvalue weighted by Crippen LogP contribution is -2.08. The van der Waals surface area contributed by atoms with Crippen LogP contribution in [0.25, 0.3) is 0 Å². The summed E-state index contributed by atoms with van der Waals surface area (Å²) < 4.78 is 5.62. The van der Waals surface area contributed by atoms with E-state index in [-0.39, 0.29) is 0 Å².